The van der Waals surface area contributed by atoms with Gasteiger partial charge in [0.05, 0.1) is 18.6 Å². The third-order valence-electron chi connectivity index (χ3n) is 5.75. The van der Waals surface area contributed by atoms with Crippen LogP contribution in [0.15, 0.2) is 48.8 Å². The molecule has 3 atom stereocenters. The monoisotopic (exact) mass is 425 g/mol. The van der Waals surface area contributed by atoms with Crippen molar-refractivity contribution < 1.29 is 24.6 Å². The minimum atomic E-state index is -0.691. The minimum absolute atomic E-state index is 0.0811. The van der Waals surface area contributed by atoms with Crippen LogP contribution in [0.25, 0.3) is 0 Å². The third-order valence-corrected chi connectivity index (χ3v) is 5.75. The Morgan fingerprint density at radius 1 is 1.16 bits per heavy atom. The maximum Gasteiger partial charge on any atom is 0.290 e. The van der Waals surface area contributed by atoms with Crippen LogP contribution in [0.3, 0.4) is 0 Å². The molecule has 1 aromatic carbocycles. The molecule has 31 heavy (non-hydrogen) atoms. The topological polar surface area (TPSA) is 120 Å². The normalized spacial score (nSPS) is 22.0. The van der Waals surface area contributed by atoms with E-state index in [1.807, 2.05) is 23.1 Å². The molecule has 0 unspecified atom stereocenters. The highest BCUT2D eigenvalue weighted by Crippen LogP contribution is 2.30. The highest BCUT2D eigenvalue weighted by molar-refractivity contribution is 5.81. The zero-order chi connectivity index (χ0) is 22.2. The van der Waals surface area contributed by atoms with E-state index in [0.29, 0.717) is 25.9 Å². The van der Waals surface area contributed by atoms with Crippen molar-refractivity contribution in [2.75, 3.05) is 6.54 Å². The number of hydrogen-bond donors (Lipinski definition) is 3. The third kappa shape index (κ3) is 5.88. The smallest absolute Gasteiger partial charge is 0.290 e. The number of aliphatic hydroxyl groups excluding tert-OH is 1. The number of aliphatic hydroxyl groups is 1. The summed E-state index contributed by atoms with van der Waals surface area (Å²) in [6.07, 6.45) is 4.60. The SMILES string of the molecule is O=C(Cc1cccnc1)N[C@H]1C[C@H](C(=O)N2CCc3ccccc3C2)C[C@@H]1O.O=CO. The second-order valence-corrected chi connectivity index (χ2v) is 7.83. The fourth-order valence-electron chi connectivity index (χ4n) is 4.26. The van der Waals surface area contributed by atoms with Gasteiger partial charge in [0.2, 0.25) is 11.8 Å². The lowest BCUT2D eigenvalue weighted by molar-refractivity contribution is -0.136. The first-order valence-electron chi connectivity index (χ1n) is 10.3. The Labute approximate surface area is 180 Å². The van der Waals surface area contributed by atoms with E-state index in [1.54, 1.807) is 18.5 Å². The highest BCUT2D eigenvalue weighted by atomic mass is 16.3. The molecule has 4 rings (SSSR count). The van der Waals surface area contributed by atoms with E-state index in [9.17, 15) is 14.7 Å². The number of amides is 2. The molecule has 3 N–H and O–H groups in total. The summed E-state index contributed by atoms with van der Waals surface area (Å²) >= 11 is 0. The van der Waals surface area contributed by atoms with Crippen molar-refractivity contribution in [2.45, 2.75) is 44.4 Å². The van der Waals surface area contributed by atoms with E-state index in [2.05, 4.69) is 22.4 Å². The number of carbonyl (C=O) groups excluding carboxylic acids is 2. The summed E-state index contributed by atoms with van der Waals surface area (Å²) in [5.74, 6) is -0.321. The molecule has 0 spiro atoms. The van der Waals surface area contributed by atoms with Crippen molar-refractivity contribution in [3.05, 3.63) is 65.5 Å². The Morgan fingerprint density at radius 3 is 2.61 bits per heavy atom. The number of nitrogens with zero attached hydrogens (tertiary/aromatic N) is 2. The van der Waals surface area contributed by atoms with Crippen LogP contribution < -0.4 is 5.32 Å². The summed E-state index contributed by atoms with van der Waals surface area (Å²) in [5, 5.41) is 20.2. The summed E-state index contributed by atoms with van der Waals surface area (Å²) in [4.78, 5) is 39.5. The standard InChI is InChI=1S/C22H25N3O3.CH2O2/c26-20-12-18(11-19(20)24-21(27)10-15-4-3-8-23-13-15)22(28)25-9-7-16-5-1-2-6-17(16)14-25;2-1-3/h1-6,8,13,18-20,26H,7,9-12,14H2,(H,24,27);1H,(H,2,3)/t18-,19-,20-;/m0./s1. The van der Waals surface area contributed by atoms with E-state index in [4.69, 9.17) is 9.90 Å². The number of pyridine rings is 1. The molecule has 2 aromatic rings. The summed E-state index contributed by atoms with van der Waals surface area (Å²) in [7, 11) is 0. The van der Waals surface area contributed by atoms with Crippen molar-refractivity contribution in [1.82, 2.24) is 15.2 Å². The van der Waals surface area contributed by atoms with E-state index in [1.165, 1.54) is 11.1 Å². The lowest BCUT2D eigenvalue weighted by atomic mass is 9.98. The molecule has 2 amide bonds. The molecule has 8 nitrogen and oxygen atoms in total. The number of fused-ring (bicyclic) bond motifs is 1. The van der Waals surface area contributed by atoms with Crippen LogP contribution in [0.1, 0.15) is 29.5 Å². The van der Waals surface area contributed by atoms with Gasteiger partial charge in [0.25, 0.3) is 6.47 Å². The zero-order valence-corrected chi connectivity index (χ0v) is 17.2. The molecule has 0 saturated heterocycles. The van der Waals surface area contributed by atoms with Gasteiger partial charge in [0.1, 0.15) is 0 Å². The van der Waals surface area contributed by atoms with Crippen LogP contribution in [0, 0.1) is 5.92 Å². The lowest BCUT2D eigenvalue weighted by Gasteiger charge is -2.31. The molecule has 2 heterocycles. The number of carboxylic acid groups (broad SMARTS) is 1. The quantitative estimate of drug-likeness (QED) is 0.633. The molecular formula is C23H27N3O5. The van der Waals surface area contributed by atoms with Crippen LogP contribution >= 0.6 is 0 Å². The maximum absolute atomic E-state index is 13.0. The Kier molecular flexibility index (Phi) is 7.72. The second kappa shape index (κ2) is 10.7. The average Bonchev–Trinajstić information content (AvgIpc) is 3.14. The van der Waals surface area contributed by atoms with Crippen LogP contribution in [0.5, 0.6) is 0 Å². The molecule has 1 fully saturated rings. The fraction of sp³-hybridized carbons (Fsp3) is 0.391. The van der Waals surface area contributed by atoms with Crippen molar-refractivity contribution in [2.24, 2.45) is 5.92 Å². The van der Waals surface area contributed by atoms with Gasteiger partial charge < -0.3 is 20.4 Å². The fourth-order valence-corrected chi connectivity index (χ4v) is 4.26. The van der Waals surface area contributed by atoms with Gasteiger partial charge >= 0.3 is 0 Å². The van der Waals surface area contributed by atoms with Gasteiger partial charge in [-0.2, -0.15) is 0 Å². The van der Waals surface area contributed by atoms with Crippen LogP contribution in [0.2, 0.25) is 0 Å². The Balaban J connectivity index is 0.000000858. The summed E-state index contributed by atoms with van der Waals surface area (Å²) in [6, 6.07) is 11.5. The number of nitrogens with one attached hydrogen (secondary N) is 1. The molecule has 8 heteroatoms. The van der Waals surface area contributed by atoms with Gasteiger partial charge in [-0.05, 0) is 42.0 Å². The molecule has 1 aliphatic carbocycles. The summed E-state index contributed by atoms with van der Waals surface area (Å²) in [6.45, 7) is 1.08. The van der Waals surface area contributed by atoms with Gasteiger partial charge in [-0.1, -0.05) is 30.3 Å². The Morgan fingerprint density at radius 2 is 1.90 bits per heavy atom. The molecule has 2 aliphatic rings. The summed E-state index contributed by atoms with van der Waals surface area (Å²) < 4.78 is 0. The minimum Gasteiger partial charge on any atom is -0.483 e. The molecular weight excluding hydrogens is 398 g/mol. The first-order chi connectivity index (χ1) is 15.0. The summed E-state index contributed by atoms with van der Waals surface area (Å²) in [5.41, 5.74) is 3.33. The number of hydrogen-bond acceptors (Lipinski definition) is 5. The van der Waals surface area contributed by atoms with Crippen molar-refractivity contribution >= 4 is 18.3 Å². The molecule has 0 radical (unpaired) electrons. The Hall–Kier alpha value is -3.26. The van der Waals surface area contributed by atoms with Gasteiger partial charge in [-0.15, -0.1) is 0 Å². The Bertz CT molecular complexity index is 905. The molecule has 1 saturated carbocycles. The van der Waals surface area contributed by atoms with Crippen molar-refractivity contribution in [1.29, 1.82) is 0 Å². The van der Waals surface area contributed by atoms with E-state index in [-0.39, 0.29) is 36.7 Å². The van der Waals surface area contributed by atoms with E-state index < -0.39 is 6.10 Å². The molecule has 1 aliphatic heterocycles. The number of rotatable bonds is 4. The predicted molar refractivity (Wildman–Crippen MR) is 113 cm³/mol. The largest absolute Gasteiger partial charge is 0.483 e. The second-order valence-electron chi connectivity index (χ2n) is 7.83. The highest BCUT2D eigenvalue weighted by Gasteiger charge is 2.39. The maximum atomic E-state index is 13.0. The van der Waals surface area contributed by atoms with Crippen LogP contribution in [-0.4, -0.2) is 57.1 Å². The number of aromatic nitrogens is 1. The van der Waals surface area contributed by atoms with E-state index in [0.717, 1.165) is 12.0 Å². The van der Waals surface area contributed by atoms with Crippen LogP contribution in [-0.2, 0) is 33.8 Å². The molecule has 164 valence electrons. The molecule has 1 aromatic heterocycles. The van der Waals surface area contributed by atoms with Gasteiger partial charge in [-0.25, -0.2) is 0 Å². The average molecular weight is 425 g/mol. The zero-order valence-electron chi connectivity index (χ0n) is 17.2. The molecule has 0 bridgehead atoms. The lowest BCUT2D eigenvalue weighted by Crippen LogP contribution is -2.41. The van der Waals surface area contributed by atoms with Gasteiger partial charge in [0, 0.05) is 31.4 Å². The van der Waals surface area contributed by atoms with Gasteiger partial charge in [-0.3, -0.25) is 19.4 Å². The van der Waals surface area contributed by atoms with Crippen molar-refractivity contribution in [3.63, 3.8) is 0 Å². The van der Waals surface area contributed by atoms with Gasteiger partial charge in [0.15, 0.2) is 0 Å². The first kappa shape index (κ1) is 22.4. The van der Waals surface area contributed by atoms with E-state index >= 15 is 0 Å². The van der Waals surface area contributed by atoms with Crippen LogP contribution in [0.4, 0.5) is 0 Å². The van der Waals surface area contributed by atoms with Crippen molar-refractivity contribution in [3.8, 4) is 0 Å². The first-order valence-corrected chi connectivity index (χ1v) is 10.3. The number of carbonyl (C=O) groups is 3. The predicted octanol–water partition coefficient (Wildman–Crippen LogP) is 1.17. The number of benzene rings is 1.